The van der Waals surface area contributed by atoms with Crippen molar-refractivity contribution in [1.82, 2.24) is 0 Å². The first-order chi connectivity index (χ1) is 11.3. The molecule has 0 aliphatic carbocycles. The summed E-state index contributed by atoms with van der Waals surface area (Å²) in [5.41, 5.74) is 0.536. The van der Waals surface area contributed by atoms with Gasteiger partial charge in [-0.3, -0.25) is 9.59 Å². The molecule has 0 radical (unpaired) electrons. The number of ether oxygens (including phenoxy) is 2. The maximum absolute atomic E-state index is 13.2. The van der Waals surface area contributed by atoms with Crippen molar-refractivity contribution in [2.75, 3.05) is 0 Å². The van der Waals surface area contributed by atoms with Crippen molar-refractivity contribution in [1.29, 1.82) is 0 Å². The quantitative estimate of drug-likeness (QED) is 0.557. The number of benzene rings is 1. The van der Waals surface area contributed by atoms with Crippen LogP contribution in [0.4, 0.5) is 4.39 Å². The first-order valence-corrected chi connectivity index (χ1v) is 8.91. The second-order valence-electron chi connectivity index (χ2n) is 5.96. The van der Waals surface area contributed by atoms with Gasteiger partial charge in [0.1, 0.15) is 18.5 Å². The van der Waals surface area contributed by atoms with Crippen LogP contribution in [0.3, 0.4) is 0 Å². The Hall–Kier alpha value is -1.43. The lowest BCUT2D eigenvalue weighted by Crippen LogP contribution is -2.24. The van der Waals surface area contributed by atoms with Gasteiger partial charge in [-0.25, -0.2) is 4.39 Å². The third-order valence-electron chi connectivity index (χ3n) is 3.53. The number of halogens is 2. The maximum Gasteiger partial charge on any atom is 0.306 e. The molecule has 0 N–H and O–H groups in total. The van der Waals surface area contributed by atoms with Crippen molar-refractivity contribution in [3.63, 3.8) is 0 Å². The predicted molar refractivity (Wildman–Crippen MR) is 92.8 cm³/mol. The molecule has 1 aromatic carbocycles. The van der Waals surface area contributed by atoms with Crippen LogP contribution in [0.1, 0.15) is 52.0 Å². The number of hydrogen-bond acceptors (Lipinski definition) is 4. The Labute approximate surface area is 150 Å². The highest BCUT2D eigenvalue weighted by atomic mass is 79.9. The molecule has 1 aromatic rings. The fourth-order valence-corrected chi connectivity index (χ4v) is 2.49. The van der Waals surface area contributed by atoms with Crippen molar-refractivity contribution in [3.05, 3.63) is 34.1 Å². The summed E-state index contributed by atoms with van der Waals surface area (Å²) in [6.45, 7) is 5.99. The summed E-state index contributed by atoms with van der Waals surface area (Å²) in [6.07, 6.45) is 1.54. The highest BCUT2D eigenvalue weighted by molar-refractivity contribution is 9.10. The minimum absolute atomic E-state index is 0.0178. The van der Waals surface area contributed by atoms with Crippen LogP contribution < -0.4 is 0 Å². The van der Waals surface area contributed by atoms with E-state index in [0.717, 1.165) is 12.8 Å². The zero-order chi connectivity index (χ0) is 18.1. The van der Waals surface area contributed by atoms with E-state index in [9.17, 15) is 14.0 Å². The van der Waals surface area contributed by atoms with E-state index in [4.69, 9.17) is 9.47 Å². The molecule has 1 rings (SSSR count). The Kier molecular flexibility index (Phi) is 8.97. The average molecular weight is 403 g/mol. The Morgan fingerprint density at radius 2 is 1.88 bits per heavy atom. The molecule has 0 fully saturated rings. The smallest absolute Gasteiger partial charge is 0.306 e. The zero-order valence-corrected chi connectivity index (χ0v) is 15.9. The lowest BCUT2D eigenvalue weighted by molar-refractivity contribution is -0.156. The lowest BCUT2D eigenvalue weighted by Gasteiger charge is -2.20. The molecule has 0 aliphatic rings. The molecule has 0 heterocycles. The summed E-state index contributed by atoms with van der Waals surface area (Å²) in [7, 11) is 0. The number of carbonyl (C=O) groups is 2. The molecule has 134 valence electrons. The molecule has 24 heavy (non-hydrogen) atoms. The van der Waals surface area contributed by atoms with Gasteiger partial charge in [0, 0.05) is 10.0 Å². The fraction of sp³-hybridized carbons (Fsp3) is 0.556. The van der Waals surface area contributed by atoms with E-state index in [1.165, 1.54) is 12.1 Å². The van der Waals surface area contributed by atoms with Gasteiger partial charge in [0.05, 0.1) is 12.8 Å². The maximum atomic E-state index is 13.2. The molecule has 0 aromatic heterocycles. The fourth-order valence-electron chi connectivity index (χ4n) is 2.13. The second-order valence-corrected chi connectivity index (χ2v) is 6.81. The van der Waals surface area contributed by atoms with Crippen LogP contribution in [0.2, 0.25) is 0 Å². The molecular formula is C18H24BrFO4. The van der Waals surface area contributed by atoms with Crippen LogP contribution in [0.5, 0.6) is 0 Å². The van der Waals surface area contributed by atoms with Crippen molar-refractivity contribution in [2.45, 2.75) is 59.2 Å². The molecule has 0 saturated heterocycles. The largest absolute Gasteiger partial charge is 0.462 e. The van der Waals surface area contributed by atoms with Crippen LogP contribution in [0.25, 0.3) is 0 Å². The lowest BCUT2D eigenvalue weighted by atomic mass is 10.0. The van der Waals surface area contributed by atoms with Crippen LogP contribution in [-0.4, -0.2) is 18.0 Å². The highest BCUT2D eigenvalue weighted by Crippen LogP contribution is 2.19. The monoisotopic (exact) mass is 402 g/mol. The zero-order valence-electron chi connectivity index (χ0n) is 14.3. The van der Waals surface area contributed by atoms with Crippen molar-refractivity contribution in [2.24, 2.45) is 5.92 Å². The minimum Gasteiger partial charge on any atom is -0.462 e. The molecule has 1 unspecified atom stereocenters. The molecule has 0 spiro atoms. The first kappa shape index (κ1) is 20.6. The normalized spacial score (nSPS) is 12.1. The Morgan fingerprint density at radius 1 is 1.21 bits per heavy atom. The topological polar surface area (TPSA) is 52.6 Å². The van der Waals surface area contributed by atoms with Gasteiger partial charge in [-0.1, -0.05) is 43.1 Å². The van der Waals surface area contributed by atoms with Gasteiger partial charge in [0.15, 0.2) is 0 Å². The summed E-state index contributed by atoms with van der Waals surface area (Å²) < 4.78 is 24.3. The van der Waals surface area contributed by atoms with Gasteiger partial charge in [-0.05, 0) is 30.5 Å². The molecule has 1 atom stereocenters. The summed E-state index contributed by atoms with van der Waals surface area (Å²) >= 11 is 3.27. The van der Waals surface area contributed by atoms with Gasteiger partial charge in [0.2, 0.25) is 0 Å². The summed E-state index contributed by atoms with van der Waals surface area (Å²) in [6, 6.07) is 4.16. The third kappa shape index (κ3) is 7.43. The molecule has 0 amide bonds. The van der Waals surface area contributed by atoms with E-state index in [1.54, 1.807) is 6.07 Å². The van der Waals surface area contributed by atoms with Crippen LogP contribution in [-0.2, 0) is 25.7 Å². The number of hydrogen-bond donors (Lipinski definition) is 0. The Balaban J connectivity index is 2.37. The van der Waals surface area contributed by atoms with E-state index in [1.807, 2.05) is 20.8 Å². The van der Waals surface area contributed by atoms with Gasteiger partial charge in [-0.15, -0.1) is 0 Å². The van der Waals surface area contributed by atoms with Gasteiger partial charge in [-0.2, -0.15) is 0 Å². The van der Waals surface area contributed by atoms with Gasteiger partial charge >= 0.3 is 11.9 Å². The molecule has 4 nitrogen and oxygen atoms in total. The predicted octanol–water partition coefficient (Wildman–Crippen LogP) is 4.78. The van der Waals surface area contributed by atoms with Gasteiger partial charge in [0.25, 0.3) is 0 Å². The average Bonchev–Trinajstić information content (AvgIpc) is 2.53. The van der Waals surface area contributed by atoms with E-state index in [0.29, 0.717) is 10.0 Å². The highest BCUT2D eigenvalue weighted by Gasteiger charge is 2.18. The Bertz CT molecular complexity index is 560. The van der Waals surface area contributed by atoms with E-state index < -0.39 is 17.8 Å². The van der Waals surface area contributed by atoms with Crippen LogP contribution in [0, 0.1) is 11.7 Å². The van der Waals surface area contributed by atoms with Gasteiger partial charge < -0.3 is 9.47 Å². The Morgan fingerprint density at radius 3 is 2.50 bits per heavy atom. The van der Waals surface area contributed by atoms with E-state index in [-0.39, 0.29) is 31.5 Å². The van der Waals surface area contributed by atoms with Crippen LogP contribution in [0.15, 0.2) is 22.7 Å². The molecule has 0 saturated carbocycles. The second kappa shape index (κ2) is 10.4. The summed E-state index contributed by atoms with van der Waals surface area (Å²) in [4.78, 5) is 23.5. The molecule has 6 heteroatoms. The molecule has 0 aliphatic heterocycles. The van der Waals surface area contributed by atoms with Crippen LogP contribution >= 0.6 is 15.9 Å². The number of rotatable bonds is 9. The third-order valence-corrected chi connectivity index (χ3v) is 4.30. The first-order valence-electron chi connectivity index (χ1n) is 8.12. The SMILES string of the molecule is CCCC(OC(=O)CCC(=O)OCc1cc(F)ccc1Br)C(C)C. The number of carbonyl (C=O) groups excluding carboxylic acids is 2. The summed E-state index contributed by atoms with van der Waals surface area (Å²) in [5.74, 6) is -1.07. The van der Waals surface area contributed by atoms with Crippen molar-refractivity contribution < 1.29 is 23.5 Å². The molecular weight excluding hydrogens is 379 g/mol. The standard InChI is InChI=1S/C18H24BrFO4/c1-4-5-16(12(2)3)24-18(22)9-8-17(21)23-11-13-10-14(20)6-7-15(13)19/h6-7,10,12,16H,4-5,8-9,11H2,1-3H3. The van der Waals surface area contributed by atoms with Crippen molar-refractivity contribution >= 4 is 27.9 Å². The molecule has 0 bridgehead atoms. The number of esters is 2. The minimum atomic E-state index is -0.514. The van der Waals surface area contributed by atoms with Crippen molar-refractivity contribution in [3.8, 4) is 0 Å². The van der Waals surface area contributed by atoms with E-state index in [2.05, 4.69) is 15.9 Å². The summed E-state index contributed by atoms with van der Waals surface area (Å²) in [5, 5.41) is 0. The van der Waals surface area contributed by atoms with E-state index >= 15 is 0 Å².